The number of benzene rings is 1. The number of aliphatic hydroxyl groups excluding tert-OH is 1. The number of ketones is 1. The van der Waals surface area contributed by atoms with E-state index in [0.717, 1.165) is 12.5 Å². The van der Waals surface area contributed by atoms with Gasteiger partial charge in [0.2, 0.25) is 0 Å². The van der Waals surface area contributed by atoms with Crippen molar-refractivity contribution in [3.63, 3.8) is 0 Å². The fourth-order valence-electron chi connectivity index (χ4n) is 2.05. The van der Waals surface area contributed by atoms with Crippen molar-refractivity contribution in [1.29, 1.82) is 0 Å². The van der Waals surface area contributed by atoms with Crippen LogP contribution in [-0.4, -0.2) is 24.1 Å². The van der Waals surface area contributed by atoms with Crippen LogP contribution in [0.2, 0.25) is 25.7 Å². The predicted octanol–water partition coefficient (Wildman–Crippen LogP) is 4.37. The van der Waals surface area contributed by atoms with Crippen molar-refractivity contribution >= 4 is 19.6 Å². The average molecular weight is 292 g/mol. The van der Waals surface area contributed by atoms with Crippen LogP contribution in [0.15, 0.2) is 29.8 Å². The molecule has 1 aromatic rings. The molecule has 0 radical (unpaired) electrons. The number of Topliss-reactive ketones (excluding diaryl/α,β-unsaturated/α-hetero) is 1. The second-order valence-electron chi connectivity index (χ2n) is 6.34. The van der Waals surface area contributed by atoms with Gasteiger partial charge in [0.25, 0.3) is 0 Å². The van der Waals surface area contributed by atoms with Gasteiger partial charge in [0.1, 0.15) is 11.5 Å². The van der Waals surface area contributed by atoms with Gasteiger partial charge in [-0.25, -0.2) is 0 Å². The molecular weight excluding hydrogens is 268 g/mol. The Kier molecular flexibility index (Phi) is 5.57. The first kappa shape index (κ1) is 16.5. The van der Waals surface area contributed by atoms with Gasteiger partial charge in [0.15, 0.2) is 5.78 Å². The van der Waals surface area contributed by atoms with Crippen molar-refractivity contribution in [2.75, 3.05) is 0 Å². The minimum Gasteiger partial charge on any atom is -0.508 e. The molecule has 0 bridgehead atoms. The minimum absolute atomic E-state index is 0.0353. The third kappa shape index (κ3) is 5.21. The maximum absolute atomic E-state index is 11.7. The second kappa shape index (κ2) is 6.75. The van der Waals surface area contributed by atoms with Crippen molar-refractivity contribution in [3.8, 4) is 5.75 Å². The lowest BCUT2D eigenvalue weighted by molar-refractivity contribution is -0.113. The smallest absolute Gasteiger partial charge is 0.159 e. The lowest BCUT2D eigenvalue weighted by Crippen LogP contribution is -2.19. The highest BCUT2D eigenvalue weighted by Gasteiger charge is 2.16. The highest BCUT2D eigenvalue weighted by molar-refractivity contribution is 6.76. The lowest BCUT2D eigenvalue weighted by Gasteiger charge is -2.16. The maximum Gasteiger partial charge on any atom is 0.159 e. The van der Waals surface area contributed by atoms with Crippen molar-refractivity contribution in [3.05, 3.63) is 35.4 Å². The molecule has 0 amide bonds. The van der Waals surface area contributed by atoms with E-state index in [1.807, 2.05) is 0 Å². The molecule has 3 nitrogen and oxygen atoms in total. The monoisotopic (exact) mass is 292 g/mol. The molecule has 0 aliphatic rings. The van der Waals surface area contributed by atoms with Crippen LogP contribution in [0.1, 0.15) is 25.3 Å². The van der Waals surface area contributed by atoms with E-state index in [1.165, 1.54) is 19.1 Å². The summed E-state index contributed by atoms with van der Waals surface area (Å²) >= 11 is 0. The summed E-state index contributed by atoms with van der Waals surface area (Å²) in [5.41, 5.74) is 1.05. The maximum atomic E-state index is 11.7. The van der Waals surface area contributed by atoms with E-state index in [0.29, 0.717) is 17.6 Å². The zero-order valence-corrected chi connectivity index (χ0v) is 13.7. The average Bonchev–Trinajstić information content (AvgIpc) is 2.33. The lowest BCUT2D eigenvalue weighted by atomic mass is 10.0. The van der Waals surface area contributed by atoms with E-state index in [2.05, 4.69) is 19.6 Å². The van der Waals surface area contributed by atoms with Crippen LogP contribution < -0.4 is 0 Å². The first-order valence-corrected chi connectivity index (χ1v) is 10.6. The molecule has 0 aliphatic heterocycles. The summed E-state index contributed by atoms with van der Waals surface area (Å²) in [5.74, 6) is 0.0869. The van der Waals surface area contributed by atoms with Crippen LogP contribution in [0.4, 0.5) is 0 Å². The van der Waals surface area contributed by atoms with Gasteiger partial charge in [-0.2, -0.15) is 0 Å². The highest BCUT2D eigenvalue weighted by atomic mass is 28.3. The Morgan fingerprint density at radius 1 is 1.15 bits per heavy atom. The number of allylic oxidation sites excluding steroid dienone is 1. The number of phenolic OH excluding ortho intramolecular Hbond substituents is 1. The molecule has 0 aliphatic carbocycles. The van der Waals surface area contributed by atoms with Gasteiger partial charge >= 0.3 is 0 Å². The Morgan fingerprint density at radius 3 is 2.15 bits per heavy atom. The van der Waals surface area contributed by atoms with Gasteiger partial charge < -0.3 is 10.2 Å². The first-order chi connectivity index (χ1) is 9.20. The molecule has 0 heterocycles. The topological polar surface area (TPSA) is 57.5 Å². The van der Waals surface area contributed by atoms with E-state index >= 15 is 0 Å². The summed E-state index contributed by atoms with van der Waals surface area (Å²) in [6.45, 7) is 8.37. The van der Waals surface area contributed by atoms with Crippen LogP contribution in [-0.2, 0) is 4.79 Å². The van der Waals surface area contributed by atoms with Crippen LogP contribution in [0.25, 0.3) is 5.76 Å². The molecule has 1 aromatic carbocycles. The fraction of sp³-hybridized carbons (Fsp3) is 0.438. The van der Waals surface area contributed by atoms with E-state index in [1.54, 1.807) is 12.1 Å². The molecule has 0 saturated carbocycles. The number of aromatic hydroxyl groups is 1. The number of rotatable bonds is 6. The van der Waals surface area contributed by atoms with Gasteiger partial charge in [-0.3, -0.25) is 4.79 Å². The molecule has 0 saturated heterocycles. The van der Waals surface area contributed by atoms with E-state index in [-0.39, 0.29) is 17.3 Å². The zero-order chi connectivity index (χ0) is 15.3. The van der Waals surface area contributed by atoms with E-state index < -0.39 is 8.07 Å². The van der Waals surface area contributed by atoms with Gasteiger partial charge in [-0.15, -0.1) is 0 Å². The number of phenols is 1. The van der Waals surface area contributed by atoms with Gasteiger partial charge in [0.05, 0.1) is 0 Å². The molecule has 4 heteroatoms. The second-order valence-corrected chi connectivity index (χ2v) is 12.0. The van der Waals surface area contributed by atoms with Crippen molar-refractivity contribution < 1.29 is 15.0 Å². The summed E-state index contributed by atoms with van der Waals surface area (Å²) < 4.78 is 0. The van der Waals surface area contributed by atoms with Crippen LogP contribution in [0.5, 0.6) is 5.75 Å². The summed E-state index contributed by atoms with van der Waals surface area (Å²) in [4.78, 5) is 11.7. The molecule has 0 unspecified atom stereocenters. The molecule has 0 atom stereocenters. The molecule has 110 valence electrons. The van der Waals surface area contributed by atoms with Gasteiger partial charge in [-0.05, 0) is 37.6 Å². The summed E-state index contributed by atoms with van der Waals surface area (Å²) in [7, 11) is -1.13. The molecule has 0 fully saturated rings. The Balaban J connectivity index is 2.90. The van der Waals surface area contributed by atoms with Gasteiger partial charge in [0, 0.05) is 19.2 Å². The SMILES string of the molecule is CC(=O)C(CCC[Si](C)(C)C)=C(O)c1ccc(O)cc1. The number of carbonyl (C=O) groups is 1. The minimum atomic E-state index is -1.13. The van der Waals surface area contributed by atoms with Crippen LogP contribution in [0, 0.1) is 0 Å². The van der Waals surface area contributed by atoms with E-state index in [9.17, 15) is 15.0 Å². The van der Waals surface area contributed by atoms with Crippen molar-refractivity contribution in [2.45, 2.75) is 45.5 Å². The third-order valence-corrected chi connectivity index (χ3v) is 5.06. The Labute approximate surface area is 122 Å². The summed E-state index contributed by atoms with van der Waals surface area (Å²) in [6.07, 6.45) is 1.53. The normalized spacial score (nSPS) is 13.0. The Morgan fingerprint density at radius 2 is 1.70 bits per heavy atom. The molecular formula is C16H24O3Si. The summed E-state index contributed by atoms with van der Waals surface area (Å²) in [6, 6.07) is 7.38. The molecule has 0 aromatic heterocycles. The quantitative estimate of drug-likeness (QED) is 0.465. The highest BCUT2D eigenvalue weighted by Crippen LogP contribution is 2.24. The van der Waals surface area contributed by atoms with E-state index in [4.69, 9.17) is 0 Å². The third-order valence-electron chi connectivity index (χ3n) is 3.21. The van der Waals surface area contributed by atoms with Gasteiger partial charge in [-0.1, -0.05) is 32.1 Å². The molecule has 2 N–H and O–H groups in total. The molecule has 1 rings (SSSR count). The number of aliphatic hydroxyl groups is 1. The fourth-order valence-corrected chi connectivity index (χ4v) is 3.29. The first-order valence-electron chi connectivity index (χ1n) is 6.93. The van der Waals surface area contributed by atoms with Crippen LogP contribution in [0.3, 0.4) is 0 Å². The number of hydrogen-bond donors (Lipinski definition) is 2. The number of carbonyl (C=O) groups excluding carboxylic acids is 1. The van der Waals surface area contributed by atoms with Crippen molar-refractivity contribution in [2.24, 2.45) is 0 Å². The Hall–Kier alpha value is -1.55. The Bertz CT molecular complexity index is 495. The standard InChI is InChI=1S/C16H24O3Si/c1-12(17)15(6-5-11-20(2,3)4)16(19)13-7-9-14(18)10-8-13/h7-10,18-19H,5-6,11H2,1-4H3. The number of hydrogen-bond acceptors (Lipinski definition) is 3. The zero-order valence-electron chi connectivity index (χ0n) is 12.7. The predicted molar refractivity (Wildman–Crippen MR) is 85.7 cm³/mol. The summed E-state index contributed by atoms with van der Waals surface area (Å²) in [5, 5.41) is 19.5. The van der Waals surface area contributed by atoms with Crippen molar-refractivity contribution in [1.82, 2.24) is 0 Å². The largest absolute Gasteiger partial charge is 0.508 e. The molecule has 0 spiro atoms. The van der Waals surface area contributed by atoms with Crippen LogP contribution >= 0.6 is 0 Å². The molecule has 20 heavy (non-hydrogen) atoms.